The maximum absolute atomic E-state index is 6.25. The third-order valence-electron chi connectivity index (χ3n) is 4.14. The molecule has 1 fully saturated rings. The molecule has 0 aromatic heterocycles. The van der Waals surface area contributed by atoms with E-state index < -0.39 is 0 Å². The highest BCUT2D eigenvalue weighted by Gasteiger charge is 2.30. The normalized spacial score (nSPS) is 24.5. The van der Waals surface area contributed by atoms with E-state index in [2.05, 4.69) is 5.32 Å². The van der Waals surface area contributed by atoms with Gasteiger partial charge in [0, 0.05) is 21.8 Å². The molecule has 0 radical (unpaired) electrons. The van der Waals surface area contributed by atoms with E-state index in [9.17, 15) is 0 Å². The van der Waals surface area contributed by atoms with Crippen LogP contribution in [0.4, 0.5) is 5.69 Å². The second kappa shape index (κ2) is 4.70. The third-order valence-corrected chi connectivity index (χ3v) is 4.70. The number of halogens is 2. The molecule has 0 spiro atoms. The van der Waals surface area contributed by atoms with Crippen molar-refractivity contribution >= 4 is 28.9 Å². The van der Waals surface area contributed by atoms with E-state index in [1.165, 1.54) is 37.7 Å². The molecule has 3 rings (SSSR count). The van der Waals surface area contributed by atoms with Crippen LogP contribution in [0.1, 0.15) is 37.7 Å². The van der Waals surface area contributed by atoms with Gasteiger partial charge in [-0.05, 0) is 42.9 Å². The van der Waals surface area contributed by atoms with Crippen LogP contribution in [0.25, 0.3) is 0 Å². The Hall–Kier alpha value is -0.400. The van der Waals surface area contributed by atoms with Gasteiger partial charge in [0.15, 0.2) is 0 Å². The van der Waals surface area contributed by atoms with Gasteiger partial charge < -0.3 is 5.32 Å². The molecule has 1 aliphatic carbocycles. The van der Waals surface area contributed by atoms with Gasteiger partial charge in [-0.15, -0.1) is 0 Å². The molecule has 1 N–H and O–H groups in total. The van der Waals surface area contributed by atoms with Crippen LogP contribution in [-0.4, -0.2) is 6.04 Å². The minimum atomic E-state index is 0.571. The second-order valence-electron chi connectivity index (χ2n) is 5.27. The van der Waals surface area contributed by atoms with Gasteiger partial charge in [0.1, 0.15) is 0 Å². The molecule has 1 nitrogen and oxygen atoms in total. The summed E-state index contributed by atoms with van der Waals surface area (Å²) in [5.74, 6) is 0.811. The topological polar surface area (TPSA) is 12.0 Å². The highest BCUT2D eigenvalue weighted by Crippen LogP contribution is 2.39. The zero-order valence-corrected chi connectivity index (χ0v) is 11.3. The van der Waals surface area contributed by atoms with Crippen LogP contribution in [0, 0.1) is 5.92 Å². The average Bonchev–Trinajstić information content (AvgIpc) is 2.74. The summed E-state index contributed by atoms with van der Waals surface area (Å²) in [5, 5.41) is 5.16. The largest absolute Gasteiger partial charge is 0.381 e. The van der Waals surface area contributed by atoms with Gasteiger partial charge in [-0.3, -0.25) is 0 Å². The Balaban J connectivity index is 1.80. The van der Waals surface area contributed by atoms with Crippen molar-refractivity contribution in [2.45, 2.75) is 44.6 Å². The van der Waals surface area contributed by atoms with E-state index in [1.807, 2.05) is 12.1 Å². The van der Waals surface area contributed by atoms with Crippen LogP contribution in [0.15, 0.2) is 12.1 Å². The number of anilines is 1. The summed E-state index contributed by atoms with van der Waals surface area (Å²) in [4.78, 5) is 0. The van der Waals surface area contributed by atoms with Crippen LogP contribution in [0.5, 0.6) is 0 Å². The fourth-order valence-electron chi connectivity index (χ4n) is 3.23. The number of hydrogen-bond acceptors (Lipinski definition) is 1. The molecule has 1 aromatic carbocycles. The maximum Gasteiger partial charge on any atom is 0.0474 e. The smallest absolute Gasteiger partial charge is 0.0474 e. The van der Waals surface area contributed by atoms with Gasteiger partial charge in [-0.2, -0.15) is 0 Å². The van der Waals surface area contributed by atoms with Crippen LogP contribution >= 0.6 is 23.2 Å². The Morgan fingerprint density at radius 1 is 1.06 bits per heavy atom. The number of nitrogens with one attached hydrogen (secondary N) is 1. The molecule has 3 heteroatoms. The SMILES string of the molecule is Clc1cc(Cl)c2c(c1)NC(C1CCCCC1)C2. The highest BCUT2D eigenvalue weighted by molar-refractivity contribution is 6.35. The van der Waals surface area contributed by atoms with Crippen molar-refractivity contribution in [1.82, 2.24) is 0 Å². The summed E-state index contributed by atoms with van der Waals surface area (Å²) >= 11 is 12.3. The molecular formula is C14H17Cl2N. The van der Waals surface area contributed by atoms with Crippen molar-refractivity contribution in [1.29, 1.82) is 0 Å². The van der Waals surface area contributed by atoms with Crippen molar-refractivity contribution in [2.75, 3.05) is 5.32 Å². The number of fused-ring (bicyclic) bond motifs is 1. The molecule has 2 aliphatic rings. The van der Waals surface area contributed by atoms with Gasteiger partial charge in [0.2, 0.25) is 0 Å². The Morgan fingerprint density at radius 3 is 2.59 bits per heavy atom. The molecule has 1 aliphatic heterocycles. The summed E-state index contributed by atoms with van der Waals surface area (Å²) in [6, 6.07) is 4.43. The monoisotopic (exact) mass is 269 g/mol. The Bertz CT molecular complexity index is 424. The van der Waals surface area contributed by atoms with Crippen molar-refractivity contribution in [2.24, 2.45) is 5.92 Å². The predicted octanol–water partition coefficient (Wildman–Crippen LogP) is 4.91. The molecular weight excluding hydrogens is 253 g/mol. The van der Waals surface area contributed by atoms with E-state index in [4.69, 9.17) is 23.2 Å². The van der Waals surface area contributed by atoms with E-state index in [-0.39, 0.29) is 0 Å². The molecule has 1 heterocycles. The van der Waals surface area contributed by atoms with E-state index in [0.29, 0.717) is 6.04 Å². The molecule has 1 atom stereocenters. The minimum absolute atomic E-state index is 0.571. The van der Waals surface area contributed by atoms with Crippen LogP contribution < -0.4 is 5.32 Å². The first-order chi connectivity index (χ1) is 8.24. The fourth-order valence-corrected chi connectivity index (χ4v) is 3.80. The lowest BCUT2D eigenvalue weighted by Gasteiger charge is -2.27. The second-order valence-corrected chi connectivity index (χ2v) is 6.11. The van der Waals surface area contributed by atoms with Crippen LogP contribution in [-0.2, 0) is 6.42 Å². The number of rotatable bonds is 1. The van der Waals surface area contributed by atoms with E-state index >= 15 is 0 Å². The predicted molar refractivity (Wildman–Crippen MR) is 74.2 cm³/mol. The third kappa shape index (κ3) is 2.28. The minimum Gasteiger partial charge on any atom is -0.381 e. The molecule has 17 heavy (non-hydrogen) atoms. The molecule has 1 unspecified atom stereocenters. The van der Waals surface area contributed by atoms with Crippen molar-refractivity contribution in [3.8, 4) is 0 Å². The van der Waals surface area contributed by atoms with E-state index in [0.717, 1.165) is 28.1 Å². The first-order valence-corrected chi connectivity index (χ1v) is 7.24. The first kappa shape index (κ1) is 11.7. The Kier molecular flexibility index (Phi) is 3.23. The summed E-state index contributed by atoms with van der Waals surface area (Å²) in [6.45, 7) is 0. The summed E-state index contributed by atoms with van der Waals surface area (Å²) in [7, 11) is 0. The van der Waals surface area contributed by atoms with Crippen molar-refractivity contribution in [3.63, 3.8) is 0 Å². The van der Waals surface area contributed by atoms with Crippen LogP contribution in [0.3, 0.4) is 0 Å². The molecule has 1 saturated carbocycles. The lowest BCUT2D eigenvalue weighted by atomic mass is 9.83. The molecule has 1 aromatic rings. The summed E-state index contributed by atoms with van der Waals surface area (Å²) in [6.07, 6.45) is 7.95. The highest BCUT2D eigenvalue weighted by atomic mass is 35.5. The molecule has 92 valence electrons. The van der Waals surface area contributed by atoms with Gasteiger partial charge in [0.05, 0.1) is 0 Å². The standard InChI is InChI=1S/C14H17Cl2N/c15-10-6-12(16)11-8-13(17-14(11)7-10)9-4-2-1-3-5-9/h6-7,9,13,17H,1-5,8H2. The maximum atomic E-state index is 6.25. The molecule has 0 bridgehead atoms. The first-order valence-electron chi connectivity index (χ1n) is 6.48. The summed E-state index contributed by atoms with van der Waals surface area (Å²) in [5.41, 5.74) is 2.41. The zero-order chi connectivity index (χ0) is 11.8. The number of hydrogen-bond donors (Lipinski definition) is 1. The van der Waals surface area contributed by atoms with Crippen molar-refractivity contribution < 1.29 is 0 Å². The Labute approximate surface area is 112 Å². The lowest BCUT2D eigenvalue weighted by molar-refractivity contribution is 0.321. The molecule has 0 amide bonds. The zero-order valence-electron chi connectivity index (χ0n) is 9.81. The Morgan fingerprint density at radius 2 is 1.82 bits per heavy atom. The van der Waals surface area contributed by atoms with Gasteiger partial charge in [0.25, 0.3) is 0 Å². The van der Waals surface area contributed by atoms with E-state index in [1.54, 1.807) is 0 Å². The lowest BCUT2D eigenvalue weighted by Crippen LogP contribution is -2.28. The van der Waals surface area contributed by atoms with Crippen LogP contribution in [0.2, 0.25) is 10.0 Å². The fraction of sp³-hybridized carbons (Fsp3) is 0.571. The summed E-state index contributed by atoms with van der Waals surface area (Å²) < 4.78 is 0. The van der Waals surface area contributed by atoms with Gasteiger partial charge >= 0.3 is 0 Å². The molecule has 0 saturated heterocycles. The number of benzene rings is 1. The van der Waals surface area contributed by atoms with Crippen molar-refractivity contribution in [3.05, 3.63) is 27.7 Å². The average molecular weight is 270 g/mol. The van der Waals surface area contributed by atoms with Gasteiger partial charge in [-0.1, -0.05) is 42.5 Å². The van der Waals surface area contributed by atoms with Gasteiger partial charge in [-0.25, -0.2) is 0 Å². The quantitative estimate of drug-likeness (QED) is 0.764.